The smallest absolute Gasteiger partial charge is 0.227 e. The van der Waals surface area contributed by atoms with Crippen molar-refractivity contribution >= 4 is 37.8 Å². The fourth-order valence-corrected chi connectivity index (χ4v) is 2.98. The highest BCUT2D eigenvalue weighted by Gasteiger charge is 2.21. The number of alkyl halides is 1. The Morgan fingerprint density at radius 2 is 2.06 bits per heavy atom. The average molecular weight is 361 g/mol. The van der Waals surface area contributed by atoms with Gasteiger partial charge in [0.05, 0.1) is 6.42 Å². The summed E-state index contributed by atoms with van der Waals surface area (Å²) in [6.07, 6.45) is 2.77. The lowest BCUT2D eigenvalue weighted by molar-refractivity contribution is -0.131. The van der Waals surface area contributed by atoms with Crippen LogP contribution in [0.3, 0.4) is 0 Å². The van der Waals surface area contributed by atoms with Crippen LogP contribution in [0, 0.1) is 0 Å². The maximum absolute atomic E-state index is 12.1. The topological polar surface area (TPSA) is 20.3 Å². The summed E-state index contributed by atoms with van der Waals surface area (Å²) in [4.78, 5) is 14.5. The Balaban J connectivity index is 1.94. The monoisotopic (exact) mass is 359 g/mol. The van der Waals surface area contributed by atoms with E-state index in [-0.39, 0.29) is 5.91 Å². The van der Waals surface area contributed by atoms with Crippen molar-refractivity contribution in [1.82, 2.24) is 4.90 Å². The second kappa shape index (κ2) is 6.01. The van der Waals surface area contributed by atoms with Gasteiger partial charge in [-0.3, -0.25) is 4.79 Å². The maximum Gasteiger partial charge on any atom is 0.227 e. The molecule has 0 aliphatic carbocycles. The Kier molecular flexibility index (Phi) is 4.62. The number of hydrogen-bond donors (Lipinski definition) is 0. The van der Waals surface area contributed by atoms with Gasteiger partial charge in [-0.1, -0.05) is 44.0 Å². The third-order valence-corrected chi connectivity index (χ3v) is 4.26. The summed E-state index contributed by atoms with van der Waals surface area (Å²) >= 11 is 6.99. The summed E-state index contributed by atoms with van der Waals surface area (Å²) in [5.74, 6) is 0.233. The Morgan fingerprint density at radius 1 is 1.35 bits per heavy atom. The number of likely N-dealkylation sites (tertiary alicyclic amines) is 1. The van der Waals surface area contributed by atoms with E-state index in [2.05, 4.69) is 31.9 Å². The van der Waals surface area contributed by atoms with E-state index in [4.69, 9.17) is 0 Å². The summed E-state index contributed by atoms with van der Waals surface area (Å²) in [6, 6.07) is 7.95. The van der Waals surface area contributed by atoms with Crippen molar-refractivity contribution in [3.8, 4) is 0 Å². The second-order valence-corrected chi connectivity index (χ2v) is 6.59. The molecular weight excluding hydrogens is 346 g/mol. The van der Waals surface area contributed by atoms with Crippen LogP contribution in [0.1, 0.15) is 18.4 Å². The number of rotatable bonds is 2. The second-order valence-electron chi connectivity index (χ2n) is 4.38. The molecule has 0 N–H and O–H groups in total. The lowest BCUT2D eigenvalue weighted by Crippen LogP contribution is -2.41. The molecule has 2 rings (SSSR count). The third kappa shape index (κ3) is 3.81. The van der Waals surface area contributed by atoms with Gasteiger partial charge in [-0.15, -0.1) is 0 Å². The number of amides is 1. The van der Waals surface area contributed by atoms with Gasteiger partial charge in [0.2, 0.25) is 5.91 Å². The summed E-state index contributed by atoms with van der Waals surface area (Å²) in [7, 11) is 0. The van der Waals surface area contributed by atoms with Crippen LogP contribution < -0.4 is 0 Å². The third-order valence-electron chi connectivity index (χ3n) is 2.99. The van der Waals surface area contributed by atoms with E-state index >= 15 is 0 Å². The molecule has 17 heavy (non-hydrogen) atoms. The predicted octanol–water partition coefficient (Wildman–Crippen LogP) is 3.38. The van der Waals surface area contributed by atoms with Gasteiger partial charge in [0, 0.05) is 22.4 Å². The number of carbonyl (C=O) groups excluding carboxylic acids is 1. The summed E-state index contributed by atoms with van der Waals surface area (Å²) < 4.78 is 1.05. The normalized spacial score (nSPS) is 20.4. The van der Waals surface area contributed by atoms with Gasteiger partial charge < -0.3 is 4.90 Å². The molecule has 1 atom stereocenters. The van der Waals surface area contributed by atoms with E-state index in [1.807, 2.05) is 29.2 Å². The predicted molar refractivity (Wildman–Crippen MR) is 76.4 cm³/mol. The van der Waals surface area contributed by atoms with Gasteiger partial charge >= 0.3 is 0 Å². The van der Waals surface area contributed by atoms with E-state index in [0.717, 1.165) is 29.5 Å². The molecule has 1 fully saturated rings. The molecule has 2 nitrogen and oxygen atoms in total. The Hall–Kier alpha value is -0.350. The van der Waals surface area contributed by atoms with Gasteiger partial charge in [-0.2, -0.15) is 0 Å². The van der Waals surface area contributed by atoms with Crippen LogP contribution in [-0.2, 0) is 11.2 Å². The molecule has 1 aromatic rings. The maximum atomic E-state index is 12.1. The van der Waals surface area contributed by atoms with E-state index in [1.165, 1.54) is 6.42 Å². The lowest BCUT2D eigenvalue weighted by atomic mass is 10.1. The summed E-state index contributed by atoms with van der Waals surface area (Å²) in [6.45, 7) is 1.74. The molecule has 4 heteroatoms. The molecule has 0 aromatic heterocycles. The molecule has 0 bridgehead atoms. The van der Waals surface area contributed by atoms with Gasteiger partial charge in [-0.25, -0.2) is 0 Å². The number of nitrogens with zero attached hydrogens (tertiary/aromatic N) is 1. The molecule has 0 spiro atoms. The quantitative estimate of drug-likeness (QED) is 0.740. The molecule has 1 aliphatic rings. The first kappa shape index (κ1) is 13.1. The largest absolute Gasteiger partial charge is 0.341 e. The van der Waals surface area contributed by atoms with Crippen molar-refractivity contribution in [2.75, 3.05) is 13.1 Å². The van der Waals surface area contributed by atoms with Gasteiger partial charge in [0.15, 0.2) is 0 Å². The van der Waals surface area contributed by atoms with Crippen molar-refractivity contribution in [2.45, 2.75) is 24.1 Å². The molecule has 1 aromatic carbocycles. The van der Waals surface area contributed by atoms with Crippen LogP contribution in [0.15, 0.2) is 28.7 Å². The van der Waals surface area contributed by atoms with E-state index in [1.54, 1.807) is 0 Å². The molecule has 0 saturated carbocycles. The molecule has 92 valence electrons. The van der Waals surface area contributed by atoms with Crippen LogP contribution in [0.5, 0.6) is 0 Å². The SMILES string of the molecule is O=C(Cc1ccc(Br)cc1)N1CCCC(Br)C1. The first-order valence-electron chi connectivity index (χ1n) is 5.81. The summed E-state index contributed by atoms with van der Waals surface area (Å²) in [5.41, 5.74) is 1.08. The Bertz CT molecular complexity index is 391. The Morgan fingerprint density at radius 3 is 2.71 bits per heavy atom. The minimum absolute atomic E-state index is 0.233. The number of halogens is 2. The van der Waals surface area contributed by atoms with Crippen LogP contribution in [0.25, 0.3) is 0 Å². The molecule has 1 amide bonds. The zero-order valence-corrected chi connectivity index (χ0v) is 12.7. The number of carbonyl (C=O) groups is 1. The van der Waals surface area contributed by atoms with Crippen molar-refractivity contribution in [1.29, 1.82) is 0 Å². The van der Waals surface area contributed by atoms with Crippen molar-refractivity contribution in [3.63, 3.8) is 0 Å². The van der Waals surface area contributed by atoms with Crippen molar-refractivity contribution < 1.29 is 4.79 Å². The van der Waals surface area contributed by atoms with Crippen LogP contribution >= 0.6 is 31.9 Å². The number of piperidine rings is 1. The first-order valence-corrected chi connectivity index (χ1v) is 7.52. The number of hydrogen-bond acceptors (Lipinski definition) is 1. The van der Waals surface area contributed by atoms with E-state index in [0.29, 0.717) is 11.2 Å². The minimum atomic E-state index is 0.233. The van der Waals surface area contributed by atoms with Crippen molar-refractivity contribution in [2.24, 2.45) is 0 Å². The highest BCUT2D eigenvalue weighted by molar-refractivity contribution is 9.10. The first-order chi connectivity index (χ1) is 8.15. The van der Waals surface area contributed by atoms with Crippen LogP contribution in [-0.4, -0.2) is 28.7 Å². The highest BCUT2D eigenvalue weighted by Crippen LogP contribution is 2.18. The zero-order chi connectivity index (χ0) is 12.3. The minimum Gasteiger partial charge on any atom is -0.341 e. The van der Waals surface area contributed by atoms with E-state index < -0.39 is 0 Å². The Labute approximate surface area is 119 Å². The highest BCUT2D eigenvalue weighted by atomic mass is 79.9. The van der Waals surface area contributed by atoms with Gasteiger partial charge in [-0.05, 0) is 30.5 Å². The standard InChI is InChI=1S/C13H15Br2NO/c14-11-5-3-10(4-6-11)8-13(17)16-7-1-2-12(15)9-16/h3-6,12H,1-2,7-9H2. The fraction of sp³-hybridized carbons (Fsp3) is 0.462. The lowest BCUT2D eigenvalue weighted by Gasteiger charge is -2.30. The van der Waals surface area contributed by atoms with E-state index in [9.17, 15) is 4.79 Å². The molecule has 1 heterocycles. The molecule has 1 aliphatic heterocycles. The van der Waals surface area contributed by atoms with Crippen LogP contribution in [0.2, 0.25) is 0 Å². The van der Waals surface area contributed by atoms with Crippen molar-refractivity contribution in [3.05, 3.63) is 34.3 Å². The van der Waals surface area contributed by atoms with Gasteiger partial charge in [0.25, 0.3) is 0 Å². The molecule has 1 unspecified atom stereocenters. The zero-order valence-electron chi connectivity index (χ0n) is 9.53. The fourth-order valence-electron chi connectivity index (χ4n) is 2.04. The molecule has 1 saturated heterocycles. The van der Waals surface area contributed by atoms with Gasteiger partial charge in [0.1, 0.15) is 0 Å². The summed E-state index contributed by atoms with van der Waals surface area (Å²) in [5, 5.41) is 0. The van der Waals surface area contributed by atoms with Crippen LogP contribution in [0.4, 0.5) is 0 Å². The molecular formula is C13H15Br2NO. The number of benzene rings is 1. The average Bonchev–Trinajstić information content (AvgIpc) is 2.32. The molecule has 0 radical (unpaired) electrons.